The van der Waals surface area contributed by atoms with Crippen LogP contribution in [-0.2, 0) is 4.79 Å². The molecule has 1 N–H and O–H groups in total. The molecular formula is C21H28N2O2. The first-order valence-electron chi connectivity index (χ1n) is 9.57. The molecule has 2 bridgehead atoms. The highest BCUT2D eigenvalue weighted by atomic mass is 16.5. The lowest BCUT2D eigenvalue weighted by Gasteiger charge is -2.34. The van der Waals surface area contributed by atoms with Gasteiger partial charge in [0.2, 0.25) is 5.91 Å². The molecule has 1 saturated heterocycles. The smallest absolute Gasteiger partial charge is 0.227 e. The number of rotatable bonds is 5. The number of hydrogen-bond acceptors (Lipinski definition) is 3. The lowest BCUT2D eigenvalue weighted by Crippen LogP contribution is -2.41. The predicted molar refractivity (Wildman–Crippen MR) is 99.6 cm³/mol. The maximum atomic E-state index is 12.6. The van der Waals surface area contributed by atoms with Crippen molar-refractivity contribution in [1.29, 1.82) is 0 Å². The Morgan fingerprint density at radius 3 is 2.68 bits per heavy atom. The number of piperidine rings is 1. The van der Waals surface area contributed by atoms with Crippen LogP contribution in [0.4, 0.5) is 5.69 Å². The third kappa shape index (κ3) is 3.59. The average molecular weight is 340 g/mol. The van der Waals surface area contributed by atoms with Crippen LogP contribution in [0.5, 0.6) is 5.75 Å². The standard InChI is InChI=1S/C21H28N2O2/c1-25-20-5-3-2-4-19(20)22-21(24)16-8-10-23(11-9-16)14-18-13-15-6-7-17(18)12-15/h2-7,15-18H,8-14H2,1H3,(H,22,24)/t15-,17-,18-/m0/s1. The van der Waals surface area contributed by atoms with Gasteiger partial charge in [0.15, 0.2) is 0 Å². The fourth-order valence-electron chi connectivity index (χ4n) is 4.80. The Labute approximate surface area is 150 Å². The zero-order valence-electron chi connectivity index (χ0n) is 15.0. The van der Waals surface area contributed by atoms with E-state index in [1.807, 2.05) is 24.3 Å². The largest absolute Gasteiger partial charge is 0.495 e. The monoisotopic (exact) mass is 340 g/mol. The van der Waals surface area contributed by atoms with E-state index in [1.54, 1.807) is 7.11 Å². The molecule has 0 unspecified atom stereocenters. The molecule has 4 rings (SSSR count). The van der Waals surface area contributed by atoms with Crippen molar-refractivity contribution in [2.24, 2.45) is 23.7 Å². The molecule has 4 heteroatoms. The van der Waals surface area contributed by atoms with Crippen molar-refractivity contribution >= 4 is 11.6 Å². The van der Waals surface area contributed by atoms with Gasteiger partial charge in [-0.3, -0.25) is 4.79 Å². The summed E-state index contributed by atoms with van der Waals surface area (Å²) in [5, 5.41) is 3.05. The van der Waals surface area contributed by atoms with Gasteiger partial charge in [-0.15, -0.1) is 0 Å². The molecule has 1 aromatic carbocycles. The highest BCUT2D eigenvalue weighted by Gasteiger charge is 2.37. The van der Waals surface area contributed by atoms with E-state index in [4.69, 9.17) is 4.74 Å². The number of nitrogens with one attached hydrogen (secondary N) is 1. The number of likely N-dealkylation sites (tertiary alicyclic amines) is 1. The molecule has 3 atom stereocenters. The van der Waals surface area contributed by atoms with Crippen molar-refractivity contribution in [2.45, 2.75) is 25.7 Å². The van der Waals surface area contributed by atoms with Crippen molar-refractivity contribution in [3.63, 3.8) is 0 Å². The fourth-order valence-corrected chi connectivity index (χ4v) is 4.80. The zero-order chi connectivity index (χ0) is 17.2. The summed E-state index contributed by atoms with van der Waals surface area (Å²) in [5.74, 6) is 3.47. The number of anilines is 1. The fraction of sp³-hybridized carbons (Fsp3) is 0.571. The molecule has 1 aromatic rings. The second kappa shape index (κ2) is 7.20. The van der Waals surface area contributed by atoms with Crippen LogP contribution in [-0.4, -0.2) is 37.6 Å². The molecule has 1 saturated carbocycles. The average Bonchev–Trinajstić information content (AvgIpc) is 3.26. The van der Waals surface area contributed by atoms with Gasteiger partial charge < -0.3 is 15.0 Å². The third-order valence-corrected chi connectivity index (χ3v) is 6.23. The molecule has 2 aliphatic carbocycles. The summed E-state index contributed by atoms with van der Waals surface area (Å²) < 4.78 is 5.32. The highest BCUT2D eigenvalue weighted by Crippen LogP contribution is 2.43. The molecule has 3 aliphatic rings. The van der Waals surface area contributed by atoms with Crippen LogP contribution >= 0.6 is 0 Å². The minimum atomic E-state index is 0.112. The number of ether oxygens (including phenoxy) is 1. The summed E-state index contributed by atoms with van der Waals surface area (Å²) in [6, 6.07) is 7.61. The summed E-state index contributed by atoms with van der Waals surface area (Å²) >= 11 is 0. The molecule has 0 aromatic heterocycles. The molecule has 0 radical (unpaired) electrons. The SMILES string of the molecule is COc1ccccc1NC(=O)C1CCN(C[C@@H]2C[C@H]3C=C[C@H]2C3)CC1. The molecule has 134 valence electrons. The number of carbonyl (C=O) groups excluding carboxylic acids is 1. The topological polar surface area (TPSA) is 41.6 Å². The van der Waals surface area contributed by atoms with E-state index in [9.17, 15) is 4.79 Å². The first kappa shape index (κ1) is 16.6. The first-order valence-corrected chi connectivity index (χ1v) is 9.57. The van der Waals surface area contributed by atoms with Gasteiger partial charge in [0.25, 0.3) is 0 Å². The van der Waals surface area contributed by atoms with Gasteiger partial charge >= 0.3 is 0 Å². The number of benzene rings is 1. The van der Waals surface area contributed by atoms with E-state index in [-0.39, 0.29) is 11.8 Å². The summed E-state index contributed by atoms with van der Waals surface area (Å²) in [4.78, 5) is 15.2. The molecule has 4 nitrogen and oxygen atoms in total. The number of hydrogen-bond donors (Lipinski definition) is 1. The highest BCUT2D eigenvalue weighted by molar-refractivity contribution is 5.94. The molecule has 1 amide bonds. The Bertz CT molecular complexity index is 649. The second-order valence-electron chi connectivity index (χ2n) is 7.80. The lowest BCUT2D eigenvalue weighted by atomic mass is 9.90. The van der Waals surface area contributed by atoms with Crippen LogP contribution in [0.1, 0.15) is 25.7 Å². The van der Waals surface area contributed by atoms with Crippen LogP contribution in [0.25, 0.3) is 0 Å². The van der Waals surface area contributed by atoms with Gasteiger partial charge in [0, 0.05) is 12.5 Å². The van der Waals surface area contributed by atoms with Crippen molar-refractivity contribution in [2.75, 3.05) is 32.1 Å². The van der Waals surface area contributed by atoms with Gasteiger partial charge in [0.1, 0.15) is 5.75 Å². The van der Waals surface area contributed by atoms with Crippen LogP contribution in [0.3, 0.4) is 0 Å². The minimum Gasteiger partial charge on any atom is -0.495 e. The Kier molecular flexibility index (Phi) is 4.80. The van der Waals surface area contributed by atoms with Crippen LogP contribution < -0.4 is 10.1 Å². The Morgan fingerprint density at radius 2 is 2.00 bits per heavy atom. The van der Waals surface area contributed by atoms with E-state index in [2.05, 4.69) is 22.4 Å². The number of amides is 1. The van der Waals surface area contributed by atoms with Crippen LogP contribution in [0.15, 0.2) is 36.4 Å². The lowest BCUT2D eigenvalue weighted by molar-refractivity contribution is -0.121. The number of nitrogens with zero attached hydrogens (tertiary/aromatic N) is 1. The van der Waals surface area contributed by atoms with E-state index < -0.39 is 0 Å². The number of carbonyl (C=O) groups is 1. The molecule has 0 spiro atoms. The third-order valence-electron chi connectivity index (χ3n) is 6.23. The van der Waals surface area contributed by atoms with Crippen molar-refractivity contribution < 1.29 is 9.53 Å². The Balaban J connectivity index is 1.27. The van der Waals surface area contributed by atoms with Gasteiger partial charge in [-0.05, 0) is 68.7 Å². The maximum absolute atomic E-state index is 12.6. The summed E-state index contributed by atoms with van der Waals surface area (Å²) in [5.41, 5.74) is 0.770. The van der Waals surface area contributed by atoms with E-state index in [0.29, 0.717) is 0 Å². The van der Waals surface area contributed by atoms with Crippen molar-refractivity contribution in [3.05, 3.63) is 36.4 Å². The predicted octanol–water partition coefficient (Wildman–Crippen LogP) is 3.56. The number of para-hydroxylation sites is 2. The van der Waals surface area contributed by atoms with Gasteiger partial charge in [-0.25, -0.2) is 0 Å². The summed E-state index contributed by atoms with van der Waals surface area (Å²) in [6.07, 6.45) is 9.51. The van der Waals surface area contributed by atoms with Crippen molar-refractivity contribution in [3.8, 4) is 5.75 Å². The molecule has 1 aliphatic heterocycles. The second-order valence-corrected chi connectivity index (χ2v) is 7.80. The molecule has 25 heavy (non-hydrogen) atoms. The molecule has 2 fully saturated rings. The Morgan fingerprint density at radius 1 is 1.20 bits per heavy atom. The first-order chi connectivity index (χ1) is 12.2. The molecular weight excluding hydrogens is 312 g/mol. The zero-order valence-corrected chi connectivity index (χ0v) is 15.0. The van der Waals surface area contributed by atoms with Gasteiger partial charge in [0.05, 0.1) is 12.8 Å². The summed E-state index contributed by atoms with van der Waals surface area (Å²) in [6.45, 7) is 3.30. The number of fused-ring (bicyclic) bond motifs is 2. The van der Waals surface area contributed by atoms with Crippen LogP contribution in [0, 0.1) is 23.7 Å². The Hall–Kier alpha value is -1.81. The quantitative estimate of drug-likeness (QED) is 0.834. The maximum Gasteiger partial charge on any atom is 0.227 e. The minimum absolute atomic E-state index is 0.112. The number of methoxy groups -OCH3 is 1. The molecule has 1 heterocycles. The number of allylic oxidation sites excluding steroid dienone is 2. The van der Waals surface area contributed by atoms with Crippen LogP contribution in [0.2, 0.25) is 0 Å². The van der Waals surface area contributed by atoms with E-state index in [0.717, 1.165) is 55.1 Å². The van der Waals surface area contributed by atoms with E-state index >= 15 is 0 Å². The normalized spacial score (nSPS) is 29.1. The van der Waals surface area contributed by atoms with E-state index in [1.165, 1.54) is 19.4 Å². The van der Waals surface area contributed by atoms with Gasteiger partial charge in [-0.2, -0.15) is 0 Å². The van der Waals surface area contributed by atoms with Gasteiger partial charge in [-0.1, -0.05) is 24.3 Å². The van der Waals surface area contributed by atoms with Crippen molar-refractivity contribution in [1.82, 2.24) is 4.90 Å². The summed E-state index contributed by atoms with van der Waals surface area (Å²) in [7, 11) is 1.63.